The van der Waals surface area contributed by atoms with Gasteiger partial charge in [0.1, 0.15) is 16.5 Å². The fourth-order valence-corrected chi connectivity index (χ4v) is 6.61. The van der Waals surface area contributed by atoms with Crippen LogP contribution in [0.2, 0.25) is 0 Å². The fourth-order valence-electron chi connectivity index (χ4n) is 5.11. The van der Waals surface area contributed by atoms with Crippen molar-refractivity contribution in [2.75, 3.05) is 54.4 Å². The van der Waals surface area contributed by atoms with E-state index in [1.54, 1.807) is 31.3 Å². The zero-order valence-corrected chi connectivity index (χ0v) is 24.7. The van der Waals surface area contributed by atoms with E-state index >= 15 is 0 Å². The van der Waals surface area contributed by atoms with Gasteiger partial charge in [0.25, 0.3) is 5.91 Å². The summed E-state index contributed by atoms with van der Waals surface area (Å²) in [5, 5.41) is 12.4. The molecule has 0 unspecified atom stereocenters. The number of nitrogens with two attached hydrogens (primary N) is 1. The number of piperidine rings is 1. The van der Waals surface area contributed by atoms with Crippen LogP contribution in [-0.2, 0) is 11.3 Å². The molecule has 0 radical (unpaired) electrons. The van der Waals surface area contributed by atoms with E-state index in [1.165, 1.54) is 41.4 Å². The minimum absolute atomic E-state index is 0.182. The molecule has 2 aromatic heterocycles. The summed E-state index contributed by atoms with van der Waals surface area (Å²) in [6.45, 7) is 1.80. The van der Waals surface area contributed by atoms with Crippen LogP contribution in [0.5, 0.6) is 0 Å². The number of hydrogen-bond donors (Lipinski definition) is 3. The van der Waals surface area contributed by atoms with Crippen molar-refractivity contribution in [2.24, 2.45) is 0 Å². The highest BCUT2D eigenvalue weighted by Gasteiger charge is 2.26. The molecule has 1 aliphatic heterocycles. The maximum absolute atomic E-state index is 14.5. The number of fused-ring (bicyclic) bond motifs is 1. The average molecular weight is 594 g/mol. The first-order valence-corrected chi connectivity index (χ1v) is 15.2. The highest BCUT2D eigenvalue weighted by atomic mass is 32.2. The van der Waals surface area contributed by atoms with E-state index in [0.29, 0.717) is 27.3 Å². The Morgan fingerprint density at radius 1 is 1.32 bits per heavy atom. The van der Waals surface area contributed by atoms with E-state index in [9.17, 15) is 9.18 Å². The molecule has 0 aliphatic carbocycles. The van der Waals surface area contributed by atoms with Gasteiger partial charge in [0.05, 0.1) is 41.3 Å². The topological polar surface area (TPSA) is 120 Å². The van der Waals surface area contributed by atoms with Crippen LogP contribution >= 0.6 is 23.1 Å². The zero-order valence-electron chi connectivity index (χ0n) is 23.1. The molecule has 214 valence electrons. The lowest BCUT2D eigenvalue weighted by atomic mass is 10.1. The number of benzene rings is 2. The van der Waals surface area contributed by atoms with Crippen LogP contribution in [0.15, 0.2) is 47.5 Å². The predicted molar refractivity (Wildman–Crippen MR) is 167 cm³/mol. The molecule has 0 atom stereocenters. The maximum Gasteiger partial charge on any atom is 0.270 e. The number of halogens is 1. The van der Waals surface area contributed by atoms with Gasteiger partial charge in [-0.15, -0.1) is 11.8 Å². The summed E-state index contributed by atoms with van der Waals surface area (Å²) < 4.78 is 20.0. The molecular formula is C29H32FN7O2S2. The van der Waals surface area contributed by atoms with Crippen molar-refractivity contribution in [3.8, 4) is 0 Å². The molecule has 0 spiro atoms. The van der Waals surface area contributed by atoms with Crippen molar-refractivity contribution in [3.05, 3.63) is 64.4 Å². The van der Waals surface area contributed by atoms with Crippen molar-refractivity contribution in [2.45, 2.75) is 30.4 Å². The molecule has 1 amide bonds. The lowest BCUT2D eigenvalue weighted by Gasteiger charge is -2.30. The van der Waals surface area contributed by atoms with Crippen LogP contribution in [0.3, 0.4) is 0 Å². The second-order valence-electron chi connectivity index (χ2n) is 9.67. The number of hydrogen-bond acceptors (Lipinski definition) is 10. The Kier molecular flexibility index (Phi) is 8.71. The number of nitrogens with zero attached hydrogens (tertiary/aromatic N) is 4. The first-order valence-electron chi connectivity index (χ1n) is 13.2. The van der Waals surface area contributed by atoms with E-state index in [0.717, 1.165) is 46.9 Å². The average Bonchev–Trinajstić information content (AvgIpc) is 3.49. The molecule has 4 N–H and O–H groups in total. The van der Waals surface area contributed by atoms with Crippen LogP contribution in [0.1, 0.15) is 33.6 Å². The number of thiazole rings is 1. The number of rotatable bonds is 9. The normalized spacial score (nSPS) is 13.9. The van der Waals surface area contributed by atoms with Crippen LogP contribution in [0.4, 0.5) is 26.7 Å². The van der Waals surface area contributed by atoms with Gasteiger partial charge in [-0.3, -0.25) is 4.79 Å². The van der Waals surface area contributed by atoms with Crippen molar-refractivity contribution in [1.29, 1.82) is 5.41 Å². The minimum Gasteiger partial charge on any atom is -0.387 e. The molecule has 9 nitrogen and oxygen atoms in total. The lowest BCUT2D eigenvalue weighted by Crippen LogP contribution is -2.36. The second-order valence-corrected chi connectivity index (χ2v) is 11.5. The number of carbonyl (C=O) groups is 1. The number of methoxy groups -OCH3 is 1. The largest absolute Gasteiger partial charge is 0.387 e. The summed E-state index contributed by atoms with van der Waals surface area (Å²) in [6, 6.07) is 10.2. The summed E-state index contributed by atoms with van der Waals surface area (Å²) in [5.41, 5.74) is 9.29. The van der Waals surface area contributed by atoms with E-state index in [4.69, 9.17) is 15.9 Å². The van der Waals surface area contributed by atoms with Crippen molar-refractivity contribution in [1.82, 2.24) is 9.97 Å². The molecule has 1 fully saturated rings. The van der Waals surface area contributed by atoms with Crippen LogP contribution in [0.25, 0.3) is 10.9 Å². The Hall–Kier alpha value is -3.74. The quantitative estimate of drug-likeness (QED) is 0.169. The van der Waals surface area contributed by atoms with Crippen molar-refractivity contribution < 1.29 is 13.9 Å². The predicted octanol–water partition coefficient (Wildman–Crippen LogP) is 5.64. The summed E-state index contributed by atoms with van der Waals surface area (Å²) in [7, 11) is 3.50. The second kappa shape index (κ2) is 12.4. The molecule has 0 saturated carbocycles. The summed E-state index contributed by atoms with van der Waals surface area (Å²) in [6.07, 6.45) is 6.74. The Bertz CT molecular complexity index is 1590. The zero-order chi connectivity index (χ0) is 29.1. The molecule has 5 rings (SSSR count). The van der Waals surface area contributed by atoms with E-state index in [1.807, 2.05) is 24.5 Å². The number of amides is 1. The molecule has 12 heteroatoms. The summed E-state index contributed by atoms with van der Waals surface area (Å²) in [5.74, 6) is -0.445. The van der Waals surface area contributed by atoms with Crippen LogP contribution in [-0.4, -0.2) is 61.7 Å². The monoisotopic (exact) mass is 593 g/mol. The Morgan fingerprint density at radius 3 is 2.78 bits per heavy atom. The number of pyridine rings is 1. The highest BCUT2D eigenvalue weighted by molar-refractivity contribution is 7.98. The van der Waals surface area contributed by atoms with Crippen molar-refractivity contribution >= 4 is 68.4 Å². The SMILES string of the molecule is CNc1c(C=N)c(N)nc2cc(CN(C(=O)c3cnc(N4CCC(OC)CC4)s3)c3cc(F)ccc3SC)ccc12. The summed E-state index contributed by atoms with van der Waals surface area (Å²) in [4.78, 5) is 28.2. The molecule has 2 aromatic carbocycles. The van der Waals surface area contributed by atoms with Gasteiger partial charge in [0, 0.05) is 43.7 Å². The van der Waals surface area contributed by atoms with Gasteiger partial charge < -0.3 is 31.0 Å². The van der Waals surface area contributed by atoms with Crippen molar-refractivity contribution in [3.63, 3.8) is 0 Å². The Morgan fingerprint density at radius 2 is 2.10 bits per heavy atom. The molecule has 1 aliphatic rings. The van der Waals surface area contributed by atoms with Gasteiger partial charge in [-0.2, -0.15) is 0 Å². The molecule has 4 aromatic rings. The third-order valence-corrected chi connectivity index (χ3v) is 9.11. The first-order chi connectivity index (χ1) is 19.9. The fraction of sp³-hybridized carbons (Fsp3) is 0.310. The number of anilines is 4. The number of nitrogen functional groups attached to an aromatic ring is 1. The number of aromatic nitrogens is 2. The number of ether oxygens (including phenoxy) is 1. The third-order valence-electron chi connectivity index (χ3n) is 7.28. The molecule has 3 heterocycles. The van der Waals surface area contributed by atoms with Gasteiger partial charge in [0.2, 0.25) is 0 Å². The molecule has 0 bridgehead atoms. The van der Waals surface area contributed by atoms with Gasteiger partial charge in [-0.1, -0.05) is 23.5 Å². The van der Waals surface area contributed by atoms with Gasteiger partial charge in [-0.25, -0.2) is 14.4 Å². The van der Waals surface area contributed by atoms with Gasteiger partial charge >= 0.3 is 0 Å². The minimum atomic E-state index is -0.424. The molecule has 1 saturated heterocycles. The highest BCUT2D eigenvalue weighted by Crippen LogP contribution is 2.35. The van der Waals surface area contributed by atoms with Crippen LogP contribution < -0.4 is 20.9 Å². The van der Waals surface area contributed by atoms with Crippen LogP contribution in [0, 0.1) is 11.2 Å². The lowest BCUT2D eigenvalue weighted by molar-refractivity contribution is 0.0819. The standard InChI is InChI=1S/C29H32FN7O2S2/c1-33-26-20-6-4-17(12-22(20)35-27(32)21(26)14-31)16-37(23-13-18(30)5-7-24(23)40-3)28(38)25-15-34-29(41-25)36-10-8-19(39-2)9-11-36/h4-7,12-15,19,31H,8-11,16H2,1-3H3,(H3,32,33,35). The van der Waals surface area contributed by atoms with Gasteiger partial charge in [0.15, 0.2) is 5.13 Å². The first kappa shape index (κ1) is 28.8. The number of carbonyl (C=O) groups excluding carboxylic acids is 1. The number of nitrogens with one attached hydrogen (secondary N) is 2. The van der Waals surface area contributed by atoms with E-state index in [-0.39, 0.29) is 24.4 Å². The van der Waals surface area contributed by atoms with E-state index < -0.39 is 5.82 Å². The molecular weight excluding hydrogens is 561 g/mol. The Balaban J connectivity index is 1.51. The summed E-state index contributed by atoms with van der Waals surface area (Å²) >= 11 is 2.79. The Labute approximate surface area is 246 Å². The number of thioether (sulfide) groups is 1. The van der Waals surface area contributed by atoms with E-state index in [2.05, 4.69) is 20.2 Å². The maximum atomic E-state index is 14.5. The van der Waals surface area contributed by atoms with Gasteiger partial charge in [-0.05, 0) is 48.9 Å². The third kappa shape index (κ3) is 5.85. The smallest absolute Gasteiger partial charge is 0.270 e. The molecule has 41 heavy (non-hydrogen) atoms.